The fourth-order valence-electron chi connectivity index (χ4n) is 4.24. The Morgan fingerprint density at radius 2 is 1.07 bits per heavy atom. The predicted octanol–water partition coefficient (Wildman–Crippen LogP) is 8.20. The molecule has 0 saturated carbocycles. The van der Waals surface area contributed by atoms with E-state index in [4.69, 9.17) is 0 Å². The minimum Gasteiger partial charge on any atom is -0.0619 e. The first-order valence-corrected chi connectivity index (χ1v) is 10.9. The summed E-state index contributed by atoms with van der Waals surface area (Å²) in [4.78, 5) is 0. The largest absolute Gasteiger partial charge is 0.0619 e. The molecule has 0 radical (unpaired) electrons. The Hall–Kier alpha value is -1.86. The zero-order valence-electron chi connectivity index (χ0n) is 17.7. The van der Waals surface area contributed by atoms with E-state index in [-0.39, 0.29) is 16.7 Å². The molecule has 1 heteroatoms. The van der Waals surface area contributed by atoms with E-state index in [1.165, 1.54) is 43.4 Å². The maximum atomic E-state index is 3.83. The Kier molecular flexibility index (Phi) is 4.58. The first-order chi connectivity index (χ1) is 13.1. The van der Waals surface area contributed by atoms with Gasteiger partial charge in [-0.3, -0.25) is 0 Å². The molecule has 0 saturated heterocycles. The topological polar surface area (TPSA) is 0 Å². The second kappa shape index (κ2) is 6.59. The van der Waals surface area contributed by atoms with Crippen LogP contribution in [0.5, 0.6) is 0 Å². The quantitative estimate of drug-likeness (QED) is 0.284. The molecule has 28 heavy (non-hydrogen) atoms. The molecule has 0 aliphatic heterocycles. The van der Waals surface area contributed by atoms with Crippen molar-refractivity contribution in [1.82, 2.24) is 0 Å². The maximum absolute atomic E-state index is 3.83. The lowest BCUT2D eigenvalue weighted by atomic mass is 9.81. The molecule has 4 rings (SSSR count). The Labute approximate surface area is 178 Å². The molecule has 0 heterocycles. The van der Waals surface area contributed by atoms with Gasteiger partial charge in [-0.15, -0.1) is 0 Å². The summed E-state index contributed by atoms with van der Waals surface area (Å²) >= 11 is 3.83. The van der Waals surface area contributed by atoms with E-state index in [0.717, 1.165) is 0 Å². The van der Waals surface area contributed by atoms with Crippen molar-refractivity contribution in [2.24, 2.45) is 0 Å². The van der Waals surface area contributed by atoms with E-state index in [0.29, 0.717) is 0 Å². The number of fused-ring (bicyclic) bond motifs is 3. The van der Waals surface area contributed by atoms with Crippen LogP contribution >= 0.6 is 15.9 Å². The van der Waals surface area contributed by atoms with Crippen LogP contribution in [0.3, 0.4) is 0 Å². The standard InChI is InChI=1S/C27H29Br/c1-26(2,3)17-11-13-19-20-14-12-18(27(4,5)6)16-23(20)25(22(19)15-17)21-9-7-8-10-24(21)28/h7-16,25H,1-6H3. The Bertz CT molecular complexity index is 981. The van der Waals surface area contributed by atoms with Gasteiger partial charge in [0.15, 0.2) is 0 Å². The first-order valence-electron chi connectivity index (χ1n) is 10.1. The van der Waals surface area contributed by atoms with Crippen molar-refractivity contribution in [3.63, 3.8) is 0 Å². The molecule has 0 atom stereocenters. The predicted molar refractivity (Wildman–Crippen MR) is 124 cm³/mol. The van der Waals surface area contributed by atoms with Crippen LogP contribution in [-0.2, 0) is 10.8 Å². The van der Waals surface area contributed by atoms with Gasteiger partial charge in [-0.2, -0.15) is 0 Å². The van der Waals surface area contributed by atoms with Gasteiger partial charge in [0.2, 0.25) is 0 Å². The van der Waals surface area contributed by atoms with E-state index in [2.05, 4.69) is 118 Å². The Balaban J connectivity index is 2.00. The van der Waals surface area contributed by atoms with Crippen LogP contribution in [0.1, 0.15) is 75.3 Å². The van der Waals surface area contributed by atoms with Crippen molar-refractivity contribution in [1.29, 1.82) is 0 Å². The highest BCUT2D eigenvalue weighted by Crippen LogP contribution is 2.51. The minimum atomic E-state index is 0.138. The van der Waals surface area contributed by atoms with Gasteiger partial charge in [-0.1, -0.05) is 112 Å². The van der Waals surface area contributed by atoms with Gasteiger partial charge < -0.3 is 0 Å². The molecule has 0 unspecified atom stereocenters. The van der Waals surface area contributed by atoms with E-state index in [9.17, 15) is 0 Å². The first kappa shape index (κ1) is 19.5. The van der Waals surface area contributed by atoms with Gasteiger partial charge in [0.25, 0.3) is 0 Å². The Morgan fingerprint density at radius 1 is 0.607 bits per heavy atom. The number of hydrogen-bond acceptors (Lipinski definition) is 0. The molecule has 0 nitrogen and oxygen atoms in total. The SMILES string of the molecule is CC(C)(C)c1ccc2c(c1)C(c1ccccc1Br)c1cc(C(C)(C)C)ccc1-2. The normalized spacial score (nSPS) is 14.1. The summed E-state index contributed by atoms with van der Waals surface area (Å²) in [6, 6.07) is 22.8. The average molecular weight is 433 g/mol. The molecule has 0 spiro atoms. The van der Waals surface area contributed by atoms with Crippen LogP contribution in [-0.4, -0.2) is 0 Å². The van der Waals surface area contributed by atoms with Crippen LogP contribution in [0.4, 0.5) is 0 Å². The third-order valence-corrected chi connectivity index (χ3v) is 6.69. The molecule has 3 aromatic carbocycles. The number of benzene rings is 3. The van der Waals surface area contributed by atoms with Gasteiger partial charge >= 0.3 is 0 Å². The molecule has 0 aromatic heterocycles. The van der Waals surface area contributed by atoms with Gasteiger partial charge in [-0.25, -0.2) is 0 Å². The number of hydrogen-bond donors (Lipinski definition) is 0. The molecule has 144 valence electrons. The van der Waals surface area contributed by atoms with Crippen LogP contribution in [0, 0.1) is 0 Å². The van der Waals surface area contributed by atoms with Gasteiger partial charge in [0.1, 0.15) is 0 Å². The lowest BCUT2D eigenvalue weighted by Crippen LogP contribution is -2.12. The lowest BCUT2D eigenvalue weighted by Gasteiger charge is -2.23. The number of halogens is 1. The van der Waals surface area contributed by atoms with Crippen molar-refractivity contribution in [2.75, 3.05) is 0 Å². The van der Waals surface area contributed by atoms with Gasteiger partial charge in [0.05, 0.1) is 0 Å². The van der Waals surface area contributed by atoms with Crippen molar-refractivity contribution in [3.05, 3.63) is 93.0 Å². The number of rotatable bonds is 1. The summed E-state index contributed by atoms with van der Waals surface area (Å²) < 4.78 is 1.18. The van der Waals surface area contributed by atoms with Gasteiger partial charge in [0, 0.05) is 10.4 Å². The molecule has 3 aromatic rings. The van der Waals surface area contributed by atoms with Crippen LogP contribution in [0.15, 0.2) is 65.1 Å². The van der Waals surface area contributed by atoms with Crippen LogP contribution < -0.4 is 0 Å². The molecule has 0 amide bonds. The van der Waals surface area contributed by atoms with E-state index in [1.807, 2.05) is 0 Å². The highest BCUT2D eigenvalue weighted by Gasteiger charge is 2.33. The summed E-state index contributed by atoms with van der Waals surface area (Å²) in [5, 5.41) is 0. The molecule has 0 bridgehead atoms. The average Bonchev–Trinajstić information content (AvgIpc) is 2.93. The van der Waals surface area contributed by atoms with E-state index < -0.39 is 0 Å². The zero-order chi connectivity index (χ0) is 20.3. The Morgan fingerprint density at radius 3 is 1.50 bits per heavy atom. The van der Waals surface area contributed by atoms with Crippen LogP contribution in [0.2, 0.25) is 0 Å². The summed E-state index contributed by atoms with van der Waals surface area (Å²) in [6.45, 7) is 13.8. The molecule has 0 fully saturated rings. The molecule has 1 aliphatic carbocycles. The lowest BCUT2D eigenvalue weighted by molar-refractivity contribution is 0.589. The van der Waals surface area contributed by atoms with Crippen molar-refractivity contribution >= 4 is 15.9 Å². The highest BCUT2D eigenvalue weighted by molar-refractivity contribution is 9.10. The summed E-state index contributed by atoms with van der Waals surface area (Å²) in [5.41, 5.74) is 10.0. The maximum Gasteiger partial charge on any atom is 0.0363 e. The third kappa shape index (κ3) is 3.24. The van der Waals surface area contributed by atoms with Crippen LogP contribution in [0.25, 0.3) is 11.1 Å². The van der Waals surface area contributed by atoms with E-state index in [1.54, 1.807) is 0 Å². The molecular formula is C27H29Br. The summed E-state index contributed by atoms with van der Waals surface area (Å²) in [5.74, 6) is 0.269. The minimum absolute atomic E-state index is 0.138. The second-order valence-electron chi connectivity index (χ2n) is 10.1. The smallest absolute Gasteiger partial charge is 0.0363 e. The molecular weight excluding hydrogens is 404 g/mol. The fraction of sp³-hybridized carbons (Fsp3) is 0.333. The highest BCUT2D eigenvalue weighted by atomic mass is 79.9. The van der Waals surface area contributed by atoms with Crippen molar-refractivity contribution < 1.29 is 0 Å². The summed E-state index contributed by atoms with van der Waals surface area (Å²) in [6.07, 6.45) is 0. The van der Waals surface area contributed by atoms with Crippen molar-refractivity contribution in [2.45, 2.75) is 58.3 Å². The zero-order valence-corrected chi connectivity index (χ0v) is 19.3. The monoisotopic (exact) mass is 432 g/mol. The third-order valence-electron chi connectivity index (χ3n) is 5.96. The van der Waals surface area contributed by atoms with E-state index >= 15 is 0 Å². The molecule has 1 aliphatic rings. The van der Waals surface area contributed by atoms with Crippen molar-refractivity contribution in [3.8, 4) is 11.1 Å². The fourth-order valence-corrected chi connectivity index (χ4v) is 4.75. The summed E-state index contributed by atoms with van der Waals surface area (Å²) in [7, 11) is 0. The molecule has 0 N–H and O–H groups in total. The second-order valence-corrected chi connectivity index (χ2v) is 10.9. The van der Waals surface area contributed by atoms with Gasteiger partial charge in [-0.05, 0) is 55.8 Å².